The third kappa shape index (κ3) is 5.83. The number of anilines is 2. The van der Waals surface area contributed by atoms with Gasteiger partial charge < -0.3 is 25.8 Å². The van der Waals surface area contributed by atoms with Crippen LogP contribution in [0, 0.1) is 5.92 Å². The van der Waals surface area contributed by atoms with Crippen LogP contribution in [0.2, 0.25) is 5.15 Å². The number of nitrogens with one attached hydrogen (secondary N) is 3. The van der Waals surface area contributed by atoms with Crippen molar-refractivity contribution in [1.29, 1.82) is 0 Å². The zero-order valence-corrected chi connectivity index (χ0v) is 20.6. The van der Waals surface area contributed by atoms with Crippen LogP contribution in [0.25, 0.3) is 10.9 Å². The number of ether oxygens (including phenoxy) is 1. The van der Waals surface area contributed by atoms with Gasteiger partial charge in [-0.2, -0.15) is 0 Å². The van der Waals surface area contributed by atoms with E-state index < -0.39 is 5.92 Å². The molecule has 5 rings (SSSR count). The number of hydrogen-bond acceptors (Lipinski definition) is 9. The van der Waals surface area contributed by atoms with Gasteiger partial charge in [-0.25, -0.2) is 19.9 Å². The Bertz CT molecular complexity index is 1180. The van der Waals surface area contributed by atoms with Crippen LogP contribution in [-0.2, 0) is 9.53 Å². The minimum absolute atomic E-state index is 0.0123. The summed E-state index contributed by atoms with van der Waals surface area (Å²) in [4.78, 5) is 29.9. The molecule has 0 bridgehead atoms. The molecule has 2 fully saturated rings. The number of amides is 1. The van der Waals surface area contributed by atoms with E-state index in [9.17, 15) is 9.90 Å². The molecule has 1 aliphatic carbocycles. The number of rotatable bonds is 9. The van der Waals surface area contributed by atoms with Gasteiger partial charge in [-0.1, -0.05) is 11.6 Å². The highest BCUT2D eigenvalue weighted by Crippen LogP contribution is 2.28. The fourth-order valence-electron chi connectivity index (χ4n) is 4.62. The SMILES string of the molecule is O=C(NC1COC1)C(CO)c1cnc(NC[C@H]2CC[C@H](Nc3ccc4ccnc(Cl)c4n3)CC2)nc1. The number of carbonyl (C=O) groups excluding carboxylic acids is 1. The van der Waals surface area contributed by atoms with Gasteiger partial charge in [0, 0.05) is 42.1 Å². The average Bonchev–Trinajstić information content (AvgIpc) is 2.87. The number of carbonyl (C=O) groups is 1. The molecule has 4 N–H and O–H groups in total. The molecule has 3 aromatic rings. The Kier molecular flexibility index (Phi) is 7.74. The van der Waals surface area contributed by atoms with Gasteiger partial charge in [-0.15, -0.1) is 0 Å². The first-order valence-electron chi connectivity index (χ1n) is 12.3. The molecule has 1 saturated carbocycles. The van der Waals surface area contributed by atoms with Crippen LogP contribution in [0.4, 0.5) is 11.8 Å². The van der Waals surface area contributed by atoms with Gasteiger partial charge in [-0.3, -0.25) is 4.79 Å². The Morgan fingerprint density at radius 1 is 1.08 bits per heavy atom. The van der Waals surface area contributed by atoms with Gasteiger partial charge in [0.05, 0.1) is 31.8 Å². The predicted octanol–water partition coefficient (Wildman–Crippen LogP) is 2.75. The predicted molar refractivity (Wildman–Crippen MR) is 137 cm³/mol. The molecule has 36 heavy (non-hydrogen) atoms. The normalized spacial score (nSPS) is 20.9. The monoisotopic (exact) mass is 511 g/mol. The Hall–Kier alpha value is -3.08. The van der Waals surface area contributed by atoms with E-state index in [1.165, 1.54) is 0 Å². The van der Waals surface area contributed by atoms with Crippen molar-refractivity contribution in [2.45, 2.75) is 43.7 Å². The van der Waals surface area contributed by atoms with Crippen molar-refractivity contribution in [2.24, 2.45) is 5.92 Å². The highest BCUT2D eigenvalue weighted by molar-refractivity contribution is 6.33. The first kappa shape index (κ1) is 24.6. The van der Waals surface area contributed by atoms with Crippen molar-refractivity contribution < 1.29 is 14.6 Å². The molecule has 2 aliphatic rings. The molecule has 0 radical (unpaired) electrons. The van der Waals surface area contributed by atoms with Crippen LogP contribution in [0.15, 0.2) is 36.8 Å². The molecule has 1 amide bonds. The van der Waals surface area contributed by atoms with Gasteiger partial charge in [0.25, 0.3) is 0 Å². The van der Waals surface area contributed by atoms with Gasteiger partial charge in [-0.05, 0) is 49.8 Å². The third-order valence-corrected chi connectivity index (χ3v) is 7.15. The maximum atomic E-state index is 12.4. The maximum Gasteiger partial charge on any atom is 0.230 e. The zero-order valence-electron chi connectivity index (χ0n) is 19.9. The smallest absolute Gasteiger partial charge is 0.230 e. The van der Waals surface area contributed by atoms with E-state index in [1.807, 2.05) is 18.2 Å². The van der Waals surface area contributed by atoms with Crippen LogP contribution in [0.3, 0.4) is 0 Å². The standard InChI is InChI=1S/C25H30ClN7O3/c26-23-22-16(7-8-27-23)3-6-21(33-22)31-18-4-1-15(2-5-18)9-28-25-29-10-17(11-30-25)20(12-34)24(35)32-19-13-36-14-19/h3,6-8,10-11,15,18-20,34H,1-2,4-5,9,12-14H2,(H,31,33)(H,32,35)(H,28,29,30)/t15-,18-,20?. The summed E-state index contributed by atoms with van der Waals surface area (Å²) in [5.74, 6) is 0.943. The van der Waals surface area contributed by atoms with Crippen LogP contribution in [0.1, 0.15) is 37.2 Å². The number of nitrogens with zero attached hydrogens (tertiary/aromatic N) is 4. The first-order valence-corrected chi connectivity index (χ1v) is 12.7. The van der Waals surface area contributed by atoms with Crippen LogP contribution >= 0.6 is 11.6 Å². The number of aliphatic hydroxyl groups is 1. The van der Waals surface area contributed by atoms with Gasteiger partial charge >= 0.3 is 0 Å². The second-order valence-electron chi connectivity index (χ2n) is 9.43. The zero-order chi connectivity index (χ0) is 24.9. The first-order chi connectivity index (χ1) is 17.6. The Morgan fingerprint density at radius 3 is 2.56 bits per heavy atom. The third-order valence-electron chi connectivity index (χ3n) is 6.87. The minimum atomic E-state index is -0.688. The number of hydrogen-bond donors (Lipinski definition) is 4. The number of aromatic nitrogens is 4. The average molecular weight is 512 g/mol. The van der Waals surface area contributed by atoms with E-state index in [2.05, 4.69) is 35.9 Å². The quantitative estimate of drug-likeness (QED) is 0.320. The molecular weight excluding hydrogens is 482 g/mol. The summed E-state index contributed by atoms with van der Waals surface area (Å²) < 4.78 is 5.07. The molecule has 1 saturated heterocycles. The van der Waals surface area contributed by atoms with Gasteiger partial charge in [0.1, 0.15) is 11.3 Å². The minimum Gasteiger partial charge on any atom is -0.395 e. The lowest BCUT2D eigenvalue weighted by Gasteiger charge is -2.29. The molecule has 190 valence electrons. The van der Waals surface area contributed by atoms with Crippen LogP contribution < -0.4 is 16.0 Å². The molecule has 4 heterocycles. The lowest BCUT2D eigenvalue weighted by molar-refractivity contribution is -0.127. The summed E-state index contributed by atoms with van der Waals surface area (Å²) in [6.07, 6.45) is 9.15. The second kappa shape index (κ2) is 11.3. The number of halogens is 1. The Morgan fingerprint density at radius 2 is 1.86 bits per heavy atom. The van der Waals surface area contributed by atoms with Crippen molar-refractivity contribution >= 4 is 40.2 Å². The second-order valence-corrected chi connectivity index (χ2v) is 9.79. The van der Waals surface area contributed by atoms with Crippen LogP contribution in [0.5, 0.6) is 0 Å². The van der Waals surface area contributed by atoms with E-state index >= 15 is 0 Å². The molecule has 1 atom stereocenters. The number of fused-ring (bicyclic) bond motifs is 1. The van der Waals surface area contributed by atoms with E-state index in [-0.39, 0.29) is 18.6 Å². The molecule has 3 aromatic heterocycles. The Balaban J connectivity index is 1.08. The van der Waals surface area contributed by atoms with Crippen molar-refractivity contribution in [1.82, 2.24) is 25.3 Å². The molecule has 1 unspecified atom stereocenters. The molecule has 1 aliphatic heterocycles. The van der Waals surface area contributed by atoms with E-state index in [0.29, 0.717) is 47.4 Å². The van der Waals surface area contributed by atoms with Crippen molar-refractivity contribution in [3.63, 3.8) is 0 Å². The van der Waals surface area contributed by atoms with E-state index in [4.69, 9.17) is 16.3 Å². The summed E-state index contributed by atoms with van der Waals surface area (Å²) in [5, 5.41) is 20.8. The molecule has 10 nitrogen and oxygen atoms in total. The molecular formula is C25H30ClN7O3. The summed E-state index contributed by atoms with van der Waals surface area (Å²) in [7, 11) is 0. The topological polar surface area (TPSA) is 134 Å². The highest BCUT2D eigenvalue weighted by Gasteiger charge is 2.27. The maximum absolute atomic E-state index is 12.4. The van der Waals surface area contributed by atoms with Gasteiger partial charge in [0.15, 0.2) is 5.15 Å². The van der Waals surface area contributed by atoms with E-state index in [1.54, 1.807) is 18.6 Å². The van der Waals surface area contributed by atoms with Crippen molar-refractivity contribution in [2.75, 3.05) is 37.0 Å². The Labute approximate surface area is 214 Å². The van der Waals surface area contributed by atoms with E-state index in [0.717, 1.165) is 43.4 Å². The highest BCUT2D eigenvalue weighted by atomic mass is 35.5. The molecule has 0 aromatic carbocycles. The molecule has 0 spiro atoms. The summed E-state index contributed by atoms with van der Waals surface area (Å²) >= 11 is 6.20. The van der Waals surface area contributed by atoms with Crippen LogP contribution in [-0.4, -0.2) is 69.4 Å². The largest absolute Gasteiger partial charge is 0.395 e. The summed E-state index contributed by atoms with van der Waals surface area (Å²) in [6.45, 7) is 1.50. The number of aliphatic hydroxyl groups excluding tert-OH is 1. The lowest BCUT2D eigenvalue weighted by atomic mass is 9.86. The van der Waals surface area contributed by atoms with Crippen molar-refractivity contribution in [3.05, 3.63) is 47.5 Å². The van der Waals surface area contributed by atoms with Gasteiger partial charge in [0.2, 0.25) is 11.9 Å². The fraction of sp³-hybridized carbons (Fsp3) is 0.480. The number of pyridine rings is 2. The fourth-order valence-corrected chi connectivity index (χ4v) is 4.83. The summed E-state index contributed by atoms with van der Waals surface area (Å²) in [6, 6.07) is 6.28. The molecule has 11 heteroatoms. The van der Waals surface area contributed by atoms with Crippen molar-refractivity contribution in [3.8, 4) is 0 Å². The summed E-state index contributed by atoms with van der Waals surface area (Å²) in [5.41, 5.74) is 1.30. The lowest BCUT2D eigenvalue weighted by Crippen LogP contribution is -2.50.